The molecule has 0 bridgehead atoms. The molecule has 1 aliphatic heterocycles. The van der Waals surface area contributed by atoms with E-state index in [0.29, 0.717) is 0 Å². The van der Waals surface area contributed by atoms with Crippen LogP contribution in [0, 0.1) is 5.82 Å². The Morgan fingerprint density at radius 1 is 1.21 bits per heavy atom. The Labute approximate surface area is 168 Å². The molecule has 6 heteroatoms. The fourth-order valence-electron chi connectivity index (χ4n) is 3.91. The van der Waals surface area contributed by atoms with Crippen LogP contribution >= 0.6 is 0 Å². The Morgan fingerprint density at radius 3 is 2.83 bits per heavy atom. The molecule has 0 fully saturated rings. The summed E-state index contributed by atoms with van der Waals surface area (Å²) < 4.78 is 16.2. The Hall–Kier alpha value is -2.99. The van der Waals surface area contributed by atoms with Gasteiger partial charge in [0.15, 0.2) is 0 Å². The van der Waals surface area contributed by atoms with Gasteiger partial charge in [-0.2, -0.15) is 0 Å². The SMILES string of the molecule is CCCCC1(CC(O)c2ccc(O)cc2F)C=C(n2cnc3ccccc32)C=N1. The number of aromatic hydroxyl groups is 1. The lowest BCUT2D eigenvalue weighted by molar-refractivity contribution is 0.138. The zero-order valence-corrected chi connectivity index (χ0v) is 16.3. The molecular formula is C23H24FN3O2. The number of aromatic nitrogens is 2. The molecule has 0 aliphatic carbocycles. The maximum Gasteiger partial charge on any atom is 0.132 e. The van der Waals surface area contributed by atoms with Crippen molar-refractivity contribution in [1.82, 2.24) is 9.55 Å². The Balaban J connectivity index is 1.66. The number of aliphatic hydroxyl groups is 1. The van der Waals surface area contributed by atoms with Crippen molar-refractivity contribution in [2.24, 2.45) is 4.99 Å². The maximum absolute atomic E-state index is 14.2. The zero-order chi connectivity index (χ0) is 20.4. The van der Waals surface area contributed by atoms with Crippen LogP contribution in [0.5, 0.6) is 5.75 Å². The molecule has 2 heterocycles. The van der Waals surface area contributed by atoms with E-state index in [1.54, 1.807) is 6.33 Å². The molecule has 3 aromatic rings. The van der Waals surface area contributed by atoms with E-state index in [9.17, 15) is 14.6 Å². The fourth-order valence-corrected chi connectivity index (χ4v) is 3.91. The molecule has 2 N–H and O–H groups in total. The van der Waals surface area contributed by atoms with Crippen LogP contribution < -0.4 is 0 Å². The van der Waals surface area contributed by atoms with Gasteiger partial charge in [0.1, 0.15) is 17.9 Å². The number of fused-ring (bicyclic) bond motifs is 1. The van der Waals surface area contributed by atoms with Crippen LogP contribution in [0.4, 0.5) is 4.39 Å². The molecule has 1 aromatic heterocycles. The molecule has 0 spiro atoms. The molecule has 0 saturated heterocycles. The average Bonchev–Trinajstić information content (AvgIpc) is 3.31. The lowest BCUT2D eigenvalue weighted by atomic mass is 9.85. The van der Waals surface area contributed by atoms with E-state index < -0.39 is 17.5 Å². The second-order valence-electron chi connectivity index (χ2n) is 7.56. The van der Waals surface area contributed by atoms with Crippen LogP contribution in [0.3, 0.4) is 0 Å². The van der Waals surface area contributed by atoms with Crippen molar-refractivity contribution in [2.75, 3.05) is 0 Å². The summed E-state index contributed by atoms with van der Waals surface area (Å²) in [4.78, 5) is 9.20. The number of unbranched alkanes of at least 4 members (excludes halogenated alkanes) is 1. The summed E-state index contributed by atoms with van der Waals surface area (Å²) in [6, 6.07) is 11.7. The van der Waals surface area contributed by atoms with Gasteiger partial charge in [0.05, 0.1) is 28.4 Å². The smallest absolute Gasteiger partial charge is 0.132 e. The normalized spacial score (nSPS) is 19.6. The number of benzene rings is 2. The van der Waals surface area contributed by atoms with Crippen LogP contribution in [-0.4, -0.2) is 31.5 Å². The summed E-state index contributed by atoms with van der Waals surface area (Å²) in [5, 5.41) is 20.2. The lowest BCUT2D eigenvalue weighted by Crippen LogP contribution is -2.25. The number of halogens is 1. The Kier molecular flexibility index (Phi) is 5.20. The Morgan fingerprint density at radius 2 is 2.03 bits per heavy atom. The Bertz CT molecular complexity index is 1090. The summed E-state index contributed by atoms with van der Waals surface area (Å²) in [5.41, 5.74) is 2.35. The number of phenols is 1. The van der Waals surface area contributed by atoms with Crippen LogP contribution in [0.1, 0.15) is 44.3 Å². The van der Waals surface area contributed by atoms with Crippen molar-refractivity contribution < 1.29 is 14.6 Å². The number of imidazole rings is 1. The van der Waals surface area contributed by atoms with Crippen LogP contribution in [0.15, 0.2) is 59.9 Å². The second-order valence-corrected chi connectivity index (χ2v) is 7.56. The molecule has 4 rings (SSSR count). The van der Waals surface area contributed by atoms with Gasteiger partial charge in [0.25, 0.3) is 0 Å². The van der Waals surface area contributed by atoms with Gasteiger partial charge in [0.2, 0.25) is 0 Å². The van der Waals surface area contributed by atoms with E-state index in [1.165, 1.54) is 12.1 Å². The topological polar surface area (TPSA) is 70.6 Å². The highest BCUT2D eigenvalue weighted by atomic mass is 19.1. The van der Waals surface area contributed by atoms with Gasteiger partial charge >= 0.3 is 0 Å². The van der Waals surface area contributed by atoms with Crippen LogP contribution in [0.25, 0.3) is 16.7 Å². The van der Waals surface area contributed by atoms with Crippen molar-refractivity contribution in [3.63, 3.8) is 0 Å². The van der Waals surface area contributed by atoms with E-state index in [4.69, 9.17) is 4.99 Å². The van der Waals surface area contributed by atoms with Gasteiger partial charge in [-0.25, -0.2) is 9.37 Å². The first-order valence-corrected chi connectivity index (χ1v) is 9.88. The third kappa shape index (κ3) is 3.80. The number of allylic oxidation sites excluding steroid dienone is 1. The number of nitrogens with zero attached hydrogens (tertiary/aromatic N) is 3. The summed E-state index contributed by atoms with van der Waals surface area (Å²) in [6.07, 6.45) is 7.57. The molecule has 0 saturated carbocycles. The molecule has 0 amide bonds. The fraction of sp³-hybridized carbons (Fsp3) is 0.304. The maximum atomic E-state index is 14.2. The minimum absolute atomic E-state index is 0.160. The van der Waals surface area contributed by atoms with Crippen molar-refractivity contribution in [1.29, 1.82) is 0 Å². The number of aliphatic imine (C=N–C) groups is 1. The number of phenolic OH excluding ortho intramolecular Hbond substituents is 1. The third-order valence-corrected chi connectivity index (χ3v) is 5.46. The van der Waals surface area contributed by atoms with Crippen molar-refractivity contribution in [3.8, 4) is 5.75 Å². The molecule has 1 aliphatic rings. The first kappa shape index (κ1) is 19.3. The van der Waals surface area contributed by atoms with E-state index in [1.807, 2.05) is 35.0 Å². The predicted octanol–water partition coefficient (Wildman–Crippen LogP) is 4.86. The monoisotopic (exact) mass is 393 g/mol. The van der Waals surface area contributed by atoms with E-state index >= 15 is 0 Å². The highest BCUT2D eigenvalue weighted by Crippen LogP contribution is 2.38. The number of hydrogen-bond donors (Lipinski definition) is 2. The lowest BCUT2D eigenvalue weighted by Gasteiger charge is -2.27. The minimum Gasteiger partial charge on any atom is -0.508 e. The summed E-state index contributed by atoms with van der Waals surface area (Å²) in [6.45, 7) is 2.11. The van der Waals surface area contributed by atoms with Gasteiger partial charge < -0.3 is 10.2 Å². The van der Waals surface area contributed by atoms with Gasteiger partial charge in [0, 0.05) is 24.3 Å². The quantitative estimate of drug-likeness (QED) is 0.602. The van der Waals surface area contributed by atoms with E-state index in [0.717, 1.165) is 42.1 Å². The van der Waals surface area contributed by atoms with Gasteiger partial charge in [-0.3, -0.25) is 9.56 Å². The molecule has 5 nitrogen and oxygen atoms in total. The average molecular weight is 393 g/mol. The largest absolute Gasteiger partial charge is 0.508 e. The molecule has 2 aromatic carbocycles. The summed E-state index contributed by atoms with van der Waals surface area (Å²) >= 11 is 0. The number of para-hydroxylation sites is 2. The van der Waals surface area contributed by atoms with Crippen molar-refractivity contribution in [3.05, 3.63) is 66.2 Å². The van der Waals surface area contributed by atoms with Gasteiger partial charge in [-0.1, -0.05) is 31.9 Å². The van der Waals surface area contributed by atoms with Crippen LogP contribution in [0.2, 0.25) is 0 Å². The summed E-state index contributed by atoms with van der Waals surface area (Å²) in [5.74, 6) is -0.776. The molecule has 2 unspecified atom stereocenters. The first-order valence-electron chi connectivity index (χ1n) is 9.88. The number of aliphatic hydroxyl groups excluding tert-OH is 1. The highest BCUT2D eigenvalue weighted by molar-refractivity contribution is 6.07. The molecular weight excluding hydrogens is 369 g/mol. The van der Waals surface area contributed by atoms with Crippen molar-refractivity contribution in [2.45, 2.75) is 44.2 Å². The molecule has 0 radical (unpaired) electrons. The van der Waals surface area contributed by atoms with Gasteiger partial charge in [-0.05, 0) is 36.8 Å². The molecule has 29 heavy (non-hydrogen) atoms. The predicted molar refractivity (Wildman–Crippen MR) is 112 cm³/mol. The minimum atomic E-state index is -1.03. The first-order chi connectivity index (χ1) is 14.0. The zero-order valence-electron chi connectivity index (χ0n) is 16.3. The highest BCUT2D eigenvalue weighted by Gasteiger charge is 2.34. The second kappa shape index (κ2) is 7.79. The van der Waals surface area contributed by atoms with Crippen LogP contribution in [-0.2, 0) is 0 Å². The standard InChI is InChI=1S/C23H24FN3O2/c1-2-3-10-23(13-22(29)18-9-8-17(28)11-19(18)24)12-16(14-26-23)27-15-25-20-6-4-5-7-21(20)27/h4-9,11-12,14-15,22,28-29H,2-3,10,13H2,1H3. The van der Waals surface area contributed by atoms with Gasteiger partial charge in [-0.15, -0.1) is 0 Å². The summed E-state index contributed by atoms with van der Waals surface area (Å²) in [7, 11) is 0. The van der Waals surface area contributed by atoms with E-state index in [-0.39, 0.29) is 17.7 Å². The molecule has 2 atom stereocenters. The van der Waals surface area contributed by atoms with Crippen molar-refractivity contribution >= 4 is 22.9 Å². The number of hydrogen-bond acceptors (Lipinski definition) is 4. The molecule has 150 valence electrons. The van der Waals surface area contributed by atoms with E-state index in [2.05, 4.69) is 18.0 Å². The third-order valence-electron chi connectivity index (χ3n) is 5.46. The number of rotatable bonds is 7.